The van der Waals surface area contributed by atoms with Crippen LogP contribution < -0.4 is 10.2 Å². The Labute approximate surface area is 135 Å². The highest BCUT2D eigenvalue weighted by molar-refractivity contribution is 9.10. The van der Waals surface area contributed by atoms with E-state index in [1.165, 1.54) is 0 Å². The molecule has 1 amide bonds. The molecule has 0 spiro atoms. The Morgan fingerprint density at radius 3 is 2.86 bits per heavy atom. The summed E-state index contributed by atoms with van der Waals surface area (Å²) >= 11 is 9.28. The van der Waals surface area contributed by atoms with Crippen LogP contribution in [0.4, 0.5) is 0 Å². The summed E-state index contributed by atoms with van der Waals surface area (Å²) in [5.74, 6) is 0.103. The number of benzene rings is 2. The van der Waals surface area contributed by atoms with Crippen molar-refractivity contribution in [3.63, 3.8) is 0 Å². The van der Waals surface area contributed by atoms with Gasteiger partial charge in [-0.25, -0.2) is 5.43 Å². The average Bonchev–Trinajstić information content (AvgIpc) is 2.46. The van der Waals surface area contributed by atoms with Crippen molar-refractivity contribution in [2.45, 2.75) is 0 Å². The molecule has 0 fully saturated rings. The number of rotatable bonds is 5. The molecule has 4 nitrogen and oxygen atoms in total. The number of nitrogens with zero attached hydrogens (tertiary/aromatic N) is 1. The fraction of sp³-hybridized carbons (Fsp3) is 0.0667. The van der Waals surface area contributed by atoms with Crippen molar-refractivity contribution in [1.29, 1.82) is 0 Å². The van der Waals surface area contributed by atoms with Gasteiger partial charge < -0.3 is 4.74 Å². The molecule has 2 aromatic carbocycles. The second-order valence-corrected chi connectivity index (χ2v) is 5.39. The molecule has 0 aromatic heterocycles. The normalized spacial score (nSPS) is 10.6. The number of carbonyl (C=O) groups is 1. The fourth-order valence-electron chi connectivity index (χ4n) is 1.50. The maximum absolute atomic E-state index is 11.6. The monoisotopic (exact) mass is 366 g/mol. The molecular formula is C15H12BrClN2O2. The molecule has 2 rings (SSSR count). The first kappa shape index (κ1) is 15.5. The summed E-state index contributed by atoms with van der Waals surface area (Å²) in [6.07, 6.45) is 1.55. The number of halogens is 2. The molecule has 0 aliphatic carbocycles. The molecule has 0 aliphatic rings. The van der Waals surface area contributed by atoms with Gasteiger partial charge >= 0.3 is 0 Å². The lowest BCUT2D eigenvalue weighted by Crippen LogP contribution is -2.24. The van der Waals surface area contributed by atoms with Crippen LogP contribution in [0.1, 0.15) is 5.56 Å². The summed E-state index contributed by atoms with van der Waals surface area (Å²) in [4.78, 5) is 11.6. The smallest absolute Gasteiger partial charge is 0.277 e. The summed E-state index contributed by atoms with van der Waals surface area (Å²) in [5, 5.41) is 4.32. The molecule has 1 N–H and O–H groups in total. The van der Waals surface area contributed by atoms with E-state index in [4.69, 9.17) is 16.3 Å². The Morgan fingerprint density at radius 1 is 1.29 bits per heavy atom. The van der Waals surface area contributed by atoms with Gasteiger partial charge in [0, 0.05) is 4.47 Å². The fourth-order valence-corrected chi connectivity index (χ4v) is 2.11. The summed E-state index contributed by atoms with van der Waals surface area (Å²) in [6.45, 7) is -0.153. The first-order chi connectivity index (χ1) is 10.1. The minimum Gasteiger partial charge on any atom is -0.482 e. The number of carbonyl (C=O) groups excluding carboxylic acids is 1. The van der Waals surface area contributed by atoms with Crippen LogP contribution in [0.5, 0.6) is 5.75 Å². The van der Waals surface area contributed by atoms with Crippen LogP contribution in [-0.4, -0.2) is 18.7 Å². The molecule has 21 heavy (non-hydrogen) atoms. The van der Waals surface area contributed by atoms with Crippen molar-refractivity contribution in [3.8, 4) is 5.75 Å². The van der Waals surface area contributed by atoms with E-state index >= 15 is 0 Å². The summed E-state index contributed by atoms with van der Waals surface area (Å²) in [5.41, 5.74) is 3.26. The number of hydrazone groups is 1. The zero-order chi connectivity index (χ0) is 15.1. The second-order valence-electron chi connectivity index (χ2n) is 4.07. The van der Waals surface area contributed by atoms with Crippen molar-refractivity contribution in [2.24, 2.45) is 5.10 Å². The Balaban J connectivity index is 1.81. The van der Waals surface area contributed by atoms with Crippen LogP contribution >= 0.6 is 27.5 Å². The number of para-hydroxylation sites is 1. The van der Waals surface area contributed by atoms with Gasteiger partial charge in [-0.2, -0.15) is 5.10 Å². The van der Waals surface area contributed by atoms with Crippen LogP contribution in [0.25, 0.3) is 0 Å². The zero-order valence-electron chi connectivity index (χ0n) is 10.9. The van der Waals surface area contributed by atoms with Crippen LogP contribution in [0, 0.1) is 0 Å². The standard InChI is InChI=1S/C15H12BrClN2O2/c16-12-5-3-4-11(8-12)9-18-19-15(20)10-21-14-7-2-1-6-13(14)17/h1-9H,10H2,(H,19,20). The first-order valence-corrected chi connectivity index (χ1v) is 7.27. The van der Waals surface area contributed by atoms with Crippen molar-refractivity contribution in [2.75, 3.05) is 6.61 Å². The summed E-state index contributed by atoms with van der Waals surface area (Å²) in [6, 6.07) is 14.5. The first-order valence-electron chi connectivity index (χ1n) is 6.10. The highest BCUT2D eigenvalue weighted by Crippen LogP contribution is 2.22. The largest absolute Gasteiger partial charge is 0.482 e. The SMILES string of the molecule is O=C(COc1ccccc1Cl)NN=Cc1cccc(Br)c1. The highest BCUT2D eigenvalue weighted by Gasteiger charge is 2.04. The summed E-state index contributed by atoms with van der Waals surface area (Å²) < 4.78 is 6.24. The maximum Gasteiger partial charge on any atom is 0.277 e. The molecule has 0 atom stereocenters. The maximum atomic E-state index is 11.6. The molecular weight excluding hydrogens is 356 g/mol. The quantitative estimate of drug-likeness (QED) is 0.648. The van der Waals surface area contributed by atoms with Crippen LogP contribution in [-0.2, 0) is 4.79 Å². The molecule has 0 bridgehead atoms. The molecule has 108 valence electrons. The lowest BCUT2D eigenvalue weighted by Gasteiger charge is -2.06. The van der Waals surface area contributed by atoms with E-state index in [2.05, 4.69) is 26.5 Å². The third-order valence-electron chi connectivity index (χ3n) is 2.45. The number of ether oxygens (including phenoxy) is 1. The Morgan fingerprint density at radius 2 is 2.10 bits per heavy atom. The number of hydrogen-bond donors (Lipinski definition) is 1. The van der Waals surface area contributed by atoms with Gasteiger partial charge in [-0.05, 0) is 29.8 Å². The number of amides is 1. The van der Waals surface area contributed by atoms with Crippen LogP contribution in [0.15, 0.2) is 58.1 Å². The minimum atomic E-state index is -0.360. The molecule has 0 radical (unpaired) electrons. The Kier molecular flexibility index (Phi) is 5.78. The van der Waals surface area contributed by atoms with E-state index < -0.39 is 0 Å². The molecule has 0 heterocycles. The molecule has 0 unspecified atom stereocenters. The minimum absolute atomic E-state index is 0.153. The lowest BCUT2D eigenvalue weighted by atomic mass is 10.2. The third kappa shape index (κ3) is 5.21. The Bertz CT molecular complexity index is 662. The molecule has 0 saturated carbocycles. The van der Waals surface area contributed by atoms with Crippen LogP contribution in [0.3, 0.4) is 0 Å². The van der Waals surface area contributed by atoms with E-state index in [1.807, 2.05) is 24.3 Å². The number of hydrogen-bond acceptors (Lipinski definition) is 3. The average molecular weight is 368 g/mol. The van der Waals surface area contributed by atoms with Crippen molar-refractivity contribution < 1.29 is 9.53 Å². The van der Waals surface area contributed by atoms with Crippen LogP contribution in [0.2, 0.25) is 5.02 Å². The second kappa shape index (κ2) is 7.81. The summed E-state index contributed by atoms with van der Waals surface area (Å²) in [7, 11) is 0. The topological polar surface area (TPSA) is 50.7 Å². The van der Waals surface area contributed by atoms with Gasteiger partial charge in [0.1, 0.15) is 5.75 Å². The predicted molar refractivity (Wildman–Crippen MR) is 86.8 cm³/mol. The molecule has 0 aliphatic heterocycles. The van der Waals surface area contributed by atoms with Crippen molar-refractivity contribution in [1.82, 2.24) is 5.43 Å². The molecule has 2 aromatic rings. The van der Waals surface area contributed by atoms with E-state index in [0.717, 1.165) is 10.0 Å². The molecule has 0 saturated heterocycles. The predicted octanol–water partition coefficient (Wildman–Crippen LogP) is 3.63. The van der Waals surface area contributed by atoms with Gasteiger partial charge in [-0.3, -0.25) is 4.79 Å². The number of nitrogens with one attached hydrogen (secondary N) is 1. The van der Waals surface area contributed by atoms with E-state index in [-0.39, 0.29) is 12.5 Å². The van der Waals surface area contributed by atoms with Gasteiger partial charge in [0.15, 0.2) is 6.61 Å². The zero-order valence-corrected chi connectivity index (χ0v) is 13.3. The highest BCUT2D eigenvalue weighted by atomic mass is 79.9. The van der Waals surface area contributed by atoms with Crippen molar-refractivity contribution >= 4 is 39.7 Å². The van der Waals surface area contributed by atoms with Gasteiger partial charge in [-0.1, -0.05) is 51.8 Å². The van der Waals surface area contributed by atoms with Gasteiger partial charge in [0.25, 0.3) is 5.91 Å². The van der Waals surface area contributed by atoms with Gasteiger partial charge in [0.2, 0.25) is 0 Å². The van der Waals surface area contributed by atoms with Gasteiger partial charge in [-0.15, -0.1) is 0 Å². The molecule has 6 heteroatoms. The Hall–Kier alpha value is -1.85. The van der Waals surface area contributed by atoms with E-state index in [9.17, 15) is 4.79 Å². The van der Waals surface area contributed by atoms with E-state index in [1.54, 1.807) is 30.5 Å². The lowest BCUT2D eigenvalue weighted by molar-refractivity contribution is -0.123. The van der Waals surface area contributed by atoms with E-state index in [0.29, 0.717) is 10.8 Å². The van der Waals surface area contributed by atoms with Crippen molar-refractivity contribution in [3.05, 3.63) is 63.6 Å². The third-order valence-corrected chi connectivity index (χ3v) is 3.25. The van der Waals surface area contributed by atoms with Gasteiger partial charge in [0.05, 0.1) is 11.2 Å².